The molecule has 2 nitrogen and oxygen atoms in total. The summed E-state index contributed by atoms with van der Waals surface area (Å²) in [5.74, 6) is 0. The van der Waals surface area contributed by atoms with Crippen molar-refractivity contribution in [2.45, 2.75) is 34.6 Å². The van der Waals surface area contributed by atoms with Crippen LogP contribution in [0.15, 0.2) is 24.5 Å². The van der Waals surface area contributed by atoms with E-state index in [1.54, 1.807) is 0 Å². The summed E-state index contributed by atoms with van der Waals surface area (Å²) >= 11 is 0. The summed E-state index contributed by atoms with van der Waals surface area (Å²) in [6.07, 6.45) is 3.92. The molecule has 2 heteroatoms. The fraction of sp³-hybridized carbons (Fsp3) is 0.462. The highest BCUT2D eigenvalue weighted by Gasteiger charge is 1.96. The number of aryl methyl sites for hydroxylation is 2. The van der Waals surface area contributed by atoms with Gasteiger partial charge in [-0.2, -0.15) is 0 Å². The van der Waals surface area contributed by atoms with E-state index in [-0.39, 0.29) is 0 Å². The third kappa shape index (κ3) is 3.39. The SMILES string of the molecule is CC.CC.Cc1cnc2ccn(C)c2c1. The standard InChI is InChI=1S/C9H10N2.2C2H6/c1-7-5-9-8(10-6-7)3-4-11(9)2;2*1-2/h3-6H,1-2H3;2*1-2H3. The molecule has 0 aliphatic heterocycles. The maximum atomic E-state index is 4.28. The Morgan fingerprint density at radius 1 is 1.13 bits per heavy atom. The van der Waals surface area contributed by atoms with Gasteiger partial charge in [-0.25, -0.2) is 0 Å². The molecule has 0 N–H and O–H groups in total. The van der Waals surface area contributed by atoms with E-state index in [9.17, 15) is 0 Å². The number of pyridine rings is 1. The highest BCUT2D eigenvalue weighted by Crippen LogP contribution is 2.12. The van der Waals surface area contributed by atoms with Gasteiger partial charge in [-0.1, -0.05) is 27.7 Å². The summed E-state index contributed by atoms with van der Waals surface area (Å²) in [5.41, 5.74) is 3.47. The van der Waals surface area contributed by atoms with E-state index in [1.807, 2.05) is 53.2 Å². The zero-order valence-electron chi connectivity index (χ0n) is 10.7. The Labute approximate surface area is 93.0 Å². The highest BCUT2D eigenvalue weighted by atomic mass is 14.9. The molecule has 0 spiro atoms. The van der Waals surface area contributed by atoms with Crippen LogP contribution >= 0.6 is 0 Å². The van der Waals surface area contributed by atoms with Gasteiger partial charge in [0.2, 0.25) is 0 Å². The smallest absolute Gasteiger partial charge is 0.0881 e. The molecule has 2 aromatic heterocycles. The second-order valence-corrected chi connectivity index (χ2v) is 2.84. The average molecular weight is 206 g/mol. The second-order valence-electron chi connectivity index (χ2n) is 2.84. The Hall–Kier alpha value is -1.31. The van der Waals surface area contributed by atoms with Crippen molar-refractivity contribution in [2.24, 2.45) is 7.05 Å². The molecule has 0 fully saturated rings. The molecular weight excluding hydrogens is 184 g/mol. The molecule has 0 bridgehead atoms. The molecule has 0 atom stereocenters. The lowest BCUT2D eigenvalue weighted by molar-refractivity contribution is 0.967. The van der Waals surface area contributed by atoms with Crippen LogP contribution in [-0.2, 0) is 7.05 Å². The fourth-order valence-electron chi connectivity index (χ4n) is 1.24. The minimum Gasteiger partial charge on any atom is -0.349 e. The van der Waals surface area contributed by atoms with E-state index in [4.69, 9.17) is 0 Å². The number of hydrogen-bond acceptors (Lipinski definition) is 1. The second kappa shape index (κ2) is 7.04. The Morgan fingerprint density at radius 3 is 2.33 bits per heavy atom. The van der Waals surface area contributed by atoms with E-state index in [1.165, 1.54) is 11.1 Å². The summed E-state index contributed by atoms with van der Waals surface area (Å²) < 4.78 is 2.08. The molecule has 0 aliphatic rings. The first-order chi connectivity index (χ1) is 7.27. The first kappa shape index (κ1) is 13.7. The van der Waals surface area contributed by atoms with E-state index in [0.29, 0.717) is 0 Å². The topological polar surface area (TPSA) is 17.8 Å². The van der Waals surface area contributed by atoms with E-state index in [0.717, 1.165) is 5.52 Å². The molecule has 0 saturated heterocycles. The summed E-state index contributed by atoms with van der Waals surface area (Å²) in [5, 5.41) is 0. The van der Waals surface area contributed by atoms with Crippen molar-refractivity contribution in [1.82, 2.24) is 9.55 Å². The Balaban J connectivity index is 0.000000442. The van der Waals surface area contributed by atoms with Crippen molar-refractivity contribution in [1.29, 1.82) is 0 Å². The monoisotopic (exact) mass is 206 g/mol. The molecule has 0 saturated carbocycles. The van der Waals surface area contributed by atoms with Crippen LogP contribution in [0.25, 0.3) is 11.0 Å². The summed E-state index contributed by atoms with van der Waals surface area (Å²) in [6.45, 7) is 10.1. The number of hydrogen-bond donors (Lipinski definition) is 0. The summed E-state index contributed by atoms with van der Waals surface area (Å²) in [6, 6.07) is 4.16. The molecule has 2 heterocycles. The molecule has 0 aromatic carbocycles. The van der Waals surface area contributed by atoms with Crippen molar-refractivity contribution in [3.8, 4) is 0 Å². The maximum absolute atomic E-state index is 4.28. The largest absolute Gasteiger partial charge is 0.349 e. The van der Waals surface area contributed by atoms with E-state index >= 15 is 0 Å². The minimum atomic E-state index is 1.07. The van der Waals surface area contributed by atoms with Gasteiger partial charge in [0, 0.05) is 19.4 Å². The van der Waals surface area contributed by atoms with Crippen molar-refractivity contribution in [3.05, 3.63) is 30.1 Å². The van der Waals surface area contributed by atoms with Gasteiger partial charge in [0.1, 0.15) is 0 Å². The lowest BCUT2D eigenvalue weighted by Crippen LogP contribution is -1.85. The number of aromatic nitrogens is 2. The maximum Gasteiger partial charge on any atom is 0.0881 e. The van der Waals surface area contributed by atoms with Gasteiger partial charge in [-0.05, 0) is 24.6 Å². The van der Waals surface area contributed by atoms with Crippen molar-refractivity contribution >= 4 is 11.0 Å². The number of fused-ring (bicyclic) bond motifs is 1. The Kier molecular flexibility index (Phi) is 6.43. The van der Waals surface area contributed by atoms with Crippen LogP contribution in [0, 0.1) is 6.92 Å². The van der Waals surface area contributed by atoms with E-state index < -0.39 is 0 Å². The molecule has 15 heavy (non-hydrogen) atoms. The van der Waals surface area contributed by atoms with Crippen LogP contribution < -0.4 is 0 Å². The van der Waals surface area contributed by atoms with Gasteiger partial charge in [-0.15, -0.1) is 0 Å². The van der Waals surface area contributed by atoms with Crippen molar-refractivity contribution < 1.29 is 0 Å². The van der Waals surface area contributed by atoms with Gasteiger partial charge >= 0.3 is 0 Å². The van der Waals surface area contributed by atoms with E-state index in [2.05, 4.69) is 22.5 Å². The van der Waals surface area contributed by atoms with Crippen LogP contribution in [0.4, 0.5) is 0 Å². The zero-order valence-corrected chi connectivity index (χ0v) is 10.7. The van der Waals surface area contributed by atoms with Gasteiger partial charge < -0.3 is 4.57 Å². The number of nitrogens with zero attached hydrogens (tertiary/aromatic N) is 2. The van der Waals surface area contributed by atoms with Crippen molar-refractivity contribution in [3.63, 3.8) is 0 Å². The zero-order chi connectivity index (χ0) is 11.8. The van der Waals surface area contributed by atoms with Gasteiger partial charge in [-0.3, -0.25) is 4.98 Å². The first-order valence-electron chi connectivity index (χ1n) is 5.65. The predicted octanol–water partition coefficient (Wildman–Crippen LogP) is 3.93. The third-order valence-corrected chi connectivity index (χ3v) is 1.87. The fourth-order valence-corrected chi connectivity index (χ4v) is 1.24. The number of rotatable bonds is 0. The quantitative estimate of drug-likeness (QED) is 0.638. The predicted molar refractivity (Wildman–Crippen MR) is 68.1 cm³/mol. The molecule has 0 aliphatic carbocycles. The first-order valence-corrected chi connectivity index (χ1v) is 5.65. The molecular formula is C13H22N2. The average Bonchev–Trinajstić information content (AvgIpc) is 2.66. The van der Waals surface area contributed by atoms with Crippen LogP contribution in [-0.4, -0.2) is 9.55 Å². The highest BCUT2D eigenvalue weighted by molar-refractivity contribution is 5.75. The van der Waals surface area contributed by atoms with Crippen LogP contribution in [0.2, 0.25) is 0 Å². The molecule has 0 unspecified atom stereocenters. The van der Waals surface area contributed by atoms with Gasteiger partial charge in [0.15, 0.2) is 0 Å². The Bertz CT molecular complexity index is 388. The van der Waals surface area contributed by atoms with Gasteiger partial charge in [0.05, 0.1) is 11.0 Å². The Morgan fingerprint density at radius 2 is 1.73 bits per heavy atom. The van der Waals surface area contributed by atoms with Crippen molar-refractivity contribution in [2.75, 3.05) is 0 Å². The molecule has 0 radical (unpaired) electrons. The molecule has 2 aromatic rings. The minimum absolute atomic E-state index is 1.07. The third-order valence-electron chi connectivity index (χ3n) is 1.87. The van der Waals surface area contributed by atoms with Crippen LogP contribution in [0.5, 0.6) is 0 Å². The lowest BCUT2D eigenvalue weighted by Gasteiger charge is -1.95. The molecule has 0 amide bonds. The lowest BCUT2D eigenvalue weighted by atomic mass is 10.3. The van der Waals surface area contributed by atoms with Crippen LogP contribution in [0.1, 0.15) is 33.3 Å². The normalized spacial score (nSPS) is 8.67. The molecule has 84 valence electrons. The van der Waals surface area contributed by atoms with Gasteiger partial charge in [0.25, 0.3) is 0 Å². The summed E-state index contributed by atoms with van der Waals surface area (Å²) in [7, 11) is 2.03. The van der Waals surface area contributed by atoms with Crippen LogP contribution in [0.3, 0.4) is 0 Å². The molecule has 2 rings (SSSR count). The summed E-state index contributed by atoms with van der Waals surface area (Å²) in [4.78, 5) is 4.28.